The van der Waals surface area contributed by atoms with Crippen LogP contribution in [0.25, 0.3) is 0 Å². The number of carbonyl (C=O) groups is 1. The maximum absolute atomic E-state index is 11.8. The molecule has 0 saturated carbocycles. The van der Waals surface area contributed by atoms with Gasteiger partial charge in [-0.25, -0.2) is 0 Å². The Bertz CT molecular complexity index is 391. The third-order valence-corrected chi connectivity index (χ3v) is 3.84. The van der Waals surface area contributed by atoms with E-state index in [1.54, 1.807) is 0 Å². The highest BCUT2D eigenvalue weighted by Crippen LogP contribution is 2.16. The number of hydrogen-bond acceptors (Lipinski definition) is 1. The summed E-state index contributed by atoms with van der Waals surface area (Å²) in [5, 5.41) is 5.01. The van der Waals surface area contributed by atoms with Crippen LogP contribution < -0.4 is 10.6 Å². The fourth-order valence-corrected chi connectivity index (χ4v) is 1.80. The molecule has 3 N–H and O–H groups in total. The van der Waals surface area contributed by atoms with Gasteiger partial charge < -0.3 is 10.6 Å². The van der Waals surface area contributed by atoms with Crippen LogP contribution in [0, 0.1) is 3.57 Å². The first-order valence-corrected chi connectivity index (χ1v) is 6.91. The molecule has 1 rings (SSSR count). The molecule has 0 heterocycles. The summed E-state index contributed by atoms with van der Waals surface area (Å²) in [4.78, 5) is 11.8. The van der Waals surface area contributed by atoms with E-state index in [0.29, 0.717) is 6.54 Å². The maximum Gasteiger partial charge on any atom is 0.279 e. The van der Waals surface area contributed by atoms with Crippen LogP contribution in [0.15, 0.2) is 24.3 Å². The van der Waals surface area contributed by atoms with Crippen molar-refractivity contribution >= 4 is 34.2 Å². The van der Waals surface area contributed by atoms with Crippen molar-refractivity contribution < 1.29 is 10.1 Å². The highest BCUT2D eigenvalue weighted by atomic mass is 127. The van der Waals surface area contributed by atoms with Gasteiger partial charge in [-0.3, -0.25) is 4.79 Å². The second kappa shape index (κ2) is 6.35. The molecule has 1 aromatic rings. The average Bonchev–Trinajstić information content (AvgIpc) is 2.30. The highest BCUT2D eigenvalue weighted by Gasteiger charge is 2.19. The Hall–Kier alpha value is -0.620. The normalized spacial score (nSPS) is 11.3. The lowest BCUT2D eigenvalue weighted by Crippen LogP contribution is -2.96. The van der Waals surface area contributed by atoms with E-state index in [-0.39, 0.29) is 11.4 Å². The van der Waals surface area contributed by atoms with E-state index in [9.17, 15) is 4.79 Å². The van der Waals surface area contributed by atoms with Gasteiger partial charge in [0.25, 0.3) is 5.91 Å². The van der Waals surface area contributed by atoms with Crippen LogP contribution in [0.2, 0.25) is 0 Å². The van der Waals surface area contributed by atoms with E-state index in [1.807, 2.05) is 24.3 Å². The molecule has 0 aliphatic rings. The van der Waals surface area contributed by atoms with Crippen LogP contribution in [-0.4, -0.2) is 18.0 Å². The molecule has 0 fully saturated rings. The van der Waals surface area contributed by atoms with Gasteiger partial charge in [-0.05, 0) is 55.0 Å². The number of nitrogens with two attached hydrogens (primary N) is 1. The summed E-state index contributed by atoms with van der Waals surface area (Å²) in [6, 6.07) is 7.79. The molecule has 0 unspecified atom stereocenters. The molecule has 3 nitrogen and oxygen atoms in total. The fourth-order valence-electron chi connectivity index (χ4n) is 1.28. The molecule has 4 heteroatoms. The number of anilines is 1. The standard InChI is InChI=1S/C13H19IN2O/c1-4-13(2,3)15-9-12(17)16-11-8-6-5-7-10(11)14/h5-8,15H,4,9H2,1-3H3,(H,16,17)/p+1. The molecular weight excluding hydrogens is 327 g/mol. The van der Waals surface area contributed by atoms with Crippen molar-refractivity contribution in [1.29, 1.82) is 0 Å². The Labute approximate surface area is 117 Å². The van der Waals surface area contributed by atoms with Crippen LogP contribution in [0.5, 0.6) is 0 Å². The number of nitrogens with one attached hydrogen (secondary N) is 1. The lowest BCUT2D eigenvalue weighted by molar-refractivity contribution is -0.711. The van der Waals surface area contributed by atoms with Gasteiger partial charge in [0.05, 0.1) is 11.2 Å². The number of hydrogen-bond donors (Lipinski definition) is 2. The quantitative estimate of drug-likeness (QED) is 0.787. The van der Waals surface area contributed by atoms with Crippen molar-refractivity contribution in [3.63, 3.8) is 0 Å². The predicted molar refractivity (Wildman–Crippen MR) is 79.0 cm³/mol. The molecule has 17 heavy (non-hydrogen) atoms. The molecule has 0 saturated heterocycles. The number of halogens is 1. The van der Waals surface area contributed by atoms with E-state index in [4.69, 9.17) is 0 Å². The number of amides is 1. The number of para-hydroxylation sites is 1. The van der Waals surface area contributed by atoms with Crippen molar-refractivity contribution in [1.82, 2.24) is 0 Å². The summed E-state index contributed by atoms with van der Waals surface area (Å²) >= 11 is 2.22. The molecule has 0 aliphatic carbocycles. The molecule has 0 aromatic heterocycles. The lowest BCUT2D eigenvalue weighted by atomic mass is 10.0. The number of benzene rings is 1. The molecule has 1 aromatic carbocycles. The average molecular weight is 347 g/mol. The zero-order chi connectivity index (χ0) is 12.9. The molecular formula is C13H20IN2O+. The largest absolute Gasteiger partial charge is 0.334 e. The van der Waals surface area contributed by atoms with Gasteiger partial charge in [0.2, 0.25) is 0 Å². The predicted octanol–water partition coefficient (Wildman–Crippen LogP) is 1.98. The molecule has 0 radical (unpaired) electrons. The van der Waals surface area contributed by atoms with E-state index in [2.05, 4.69) is 54.0 Å². The first kappa shape index (κ1) is 14.4. The van der Waals surface area contributed by atoms with Gasteiger partial charge in [-0.15, -0.1) is 0 Å². The topological polar surface area (TPSA) is 45.7 Å². The number of rotatable bonds is 5. The third kappa shape index (κ3) is 5.04. The van der Waals surface area contributed by atoms with E-state index in [1.165, 1.54) is 0 Å². The van der Waals surface area contributed by atoms with Crippen molar-refractivity contribution in [2.24, 2.45) is 0 Å². The lowest BCUT2D eigenvalue weighted by Gasteiger charge is -2.20. The summed E-state index contributed by atoms with van der Waals surface area (Å²) in [6.45, 7) is 6.89. The van der Waals surface area contributed by atoms with E-state index in [0.717, 1.165) is 15.7 Å². The van der Waals surface area contributed by atoms with Crippen LogP contribution in [0.1, 0.15) is 27.2 Å². The van der Waals surface area contributed by atoms with Crippen molar-refractivity contribution in [3.8, 4) is 0 Å². The van der Waals surface area contributed by atoms with Crippen molar-refractivity contribution in [3.05, 3.63) is 27.8 Å². The first-order valence-electron chi connectivity index (χ1n) is 5.83. The first-order chi connectivity index (χ1) is 7.94. The third-order valence-electron chi connectivity index (χ3n) is 2.90. The zero-order valence-corrected chi connectivity index (χ0v) is 12.7. The van der Waals surface area contributed by atoms with Crippen LogP contribution in [0.4, 0.5) is 5.69 Å². The molecule has 0 aliphatic heterocycles. The minimum atomic E-state index is 0.0515. The van der Waals surface area contributed by atoms with Crippen LogP contribution in [-0.2, 0) is 4.79 Å². The van der Waals surface area contributed by atoms with E-state index < -0.39 is 0 Å². The minimum Gasteiger partial charge on any atom is -0.334 e. The summed E-state index contributed by atoms with van der Waals surface area (Å²) in [5.74, 6) is 0.0515. The van der Waals surface area contributed by atoms with Crippen LogP contribution >= 0.6 is 22.6 Å². The van der Waals surface area contributed by atoms with Gasteiger partial charge in [0.15, 0.2) is 6.54 Å². The summed E-state index contributed by atoms with van der Waals surface area (Å²) < 4.78 is 1.06. The van der Waals surface area contributed by atoms with Gasteiger partial charge in [0, 0.05) is 3.57 Å². The molecule has 0 bridgehead atoms. The molecule has 0 spiro atoms. The van der Waals surface area contributed by atoms with Gasteiger partial charge in [0.1, 0.15) is 0 Å². The van der Waals surface area contributed by atoms with Gasteiger partial charge >= 0.3 is 0 Å². The second-order valence-corrected chi connectivity index (χ2v) is 5.94. The Kier molecular flexibility index (Phi) is 5.39. The maximum atomic E-state index is 11.8. The van der Waals surface area contributed by atoms with E-state index >= 15 is 0 Å². The highest BCUT2D eigenvalue weighted by molar-refractivity contribution is 14.1. The van der Waals surface area contributed by atoms with Gasteiger partial charge in [-0.1, -0.05) is 19.1 Å². The molecule has 94 valence electrons. The Morgan fingerprint density at radius 2 is 2.06 bits per heavy atom. The smallest absolute Gasteiger partial charge is 0.279 e. The Morgan fingerprint density at radius 1 is 1.41 bits per heavy atom. The molecule has 1 amide bonds. The van der Waals surface area contributed by atoms with Gasteiger partial charge in [-0.2, -0.15) is 0 Å². The Balaban J connectivity index is 2.48. The summed E-state index contributed by atoms with van der Waals surface area (Å²) in [6.07, 6.45) is 1.04. The fraction of sp³-hybridized carbons (Fsp3) is 0.462. The molecule has 0 atom stereocenters. The SMILES string of the molecule is CCC(C)(C)[NH2+]CC(=O)Nc1ccccc1I. The Morgan fingerprint density at radius 3 is 2.65 bits per heavy atom. The number of carbonyl (C=O) groups excluding carboxylic acids is 1. The number of quaternary nitrogens is 1. The second-order valence-electron chi connectivity index (χ2n) is 4.78. The summed E-state index contributed by atoms with van der Waals surface area (Å²) in [7, 11) is 0. The minimum absolute atomic E-state index is 0.0515. The monoisotopic (exact) mass is 347 g/mol. The summed E-state index contributed by atoms with van der Waals surface area (Å²) in [5.41, 5.74) is 1.02. The van der Waals surface area contributed by atoms with Crippen LogP contribution in [0.3, 0.4) is 0 Å². The van der Waals surface area contributed by atoms with Crippen molar-refractivity contribution in [2.45, 2.75) is 32.7 Å². The van der Waals surface area contributed by atoms with Crippen molar-refractivity contribution in [2.75, 3.05) is 11.9 Å². The zero-order valence-electron chi connectivity index (χ0n) is 10.6.